The first-order valence-corrected chi connectivity index (χ1v) is 5.23. The van der Waals surface area contributed by atoms with Gasteiger partial charge in [-0.2, -0.15) is 0 Å². The summed E-state index contributed by atoms with van der Waals surface area (Å²) < 4.78 is 0.860. The van der Waals surface area contributed by atoms with Crippen molar-refractivity contribution < 1.29 is 5.11 Å². The van der Waals surface area contributed by atoms with Crippen LogP contribution in [0.5, 0.6) is 5.75 Å². The van der Waals surface area contributed by atoms with Crippen LogP contribution >= 0.6 is 32.9 Å². The lowest BCUT2D eigenvalue weighted by molar-refractivity contribution is 0.466. The second-order valence-corrected chi connectivity index (χ2v) is 4.19. The van der Waals surface area contributed by atoms with Crippen molar-refractivity contribution in [3.05, 3.63) is 27.7 Å². The molecule has 1 aromatic carbocycles. The number of hydrogen-bond acceptors (Lipinski definition) is 2. The summed E-state index contributed by atoms with van der Waals surface area (Å²) in [6.07, 6.45) is 0.981. The van der Waals surface area contributed by atoms with Crippen molar-refractivity contribution in [1.29, 1.82) is 0 Å². The number of phenols is 1. The Labute approximate surface area is 103 Å². The number of hydrogen-bond donors (Lipinski definition) is 2. The summed E-state index contributed by atoms with van der Waals surface area (Å²) in [6, 6.07) is 4.12. The van der Waals surface area contributed by atoms with Crippen molar-refractivity contribution in [2.24, 2.45) is 0 Å². The maximum absolute atomic E-state index is 9.49. The van der Waals surface area contributed by atoms with Crippen LogP contribution in [0.25, 0.3) is 0 Å². The first kappa shape index (κ1) is 12.0. The summed E-state index contributed by atoms with van der Waals surface area (Å²) in [5.41, 5.74) is 2.53. The Morgan fingerprint density at radius 2 is 2.21 bits per heavy atom. The second kappa shape index (κ2) is 4.64. The molecule has 0 amide bonds. The average Bonchev–Trinajstić information content (AvgIpc) is 2.12. The Balaban J connectivity index is 0.000000980. The second-order valence-electron chi connectivity index (χ2n) is 3.39. The Morgan fingerprint density at radius 3 is 2.93 bits per heavy atom. The molecular weight excluding hydrogens is 310 g/mol. The van der Waals surface area contributed by atoms with E-state index in [4.69, 9.17) is 0 Å². The highest BCUT2D eigenvalue weighted by Crippen LogP contribution is 2.34. The molecule has 0 bridgehead atoms. The third kappa shape index (κ3) is 1.97. The van der Waals surface area contributed by atoms with Gasteiger partial charge in [0.25, 0.3) is 0 Å². The van der Waals surface area contributed by atoms with Gasteiger partial charge in [-0.3, -0.25) is 0 Å². The van der Waals surface area contributed by atoms with Gasteiger partial charge in [0.2, 0.25) is 0 Å². The molecule has 1 aliphatic heterocycles. The van der Waals surface area contributed by atoms with Crippen LogP contribution < -0.4 is 5.32 Å². The molecule has 4 heteroatoms. The fourth-order valence-electron chi connectivity index (χ4n) is 1.81. The van der Waals surface area contributed by atoms with E-state index in [9.17, 15) is 5.11 Å². The van der Waals surface area contributed by atoms with Gasteiger partial charge in [-0.05, 0) is 53.0 Å². The number of benzene rings is 1. The lowest BCUT2D eigenvalue weighted by Gasteiger charge is -2.25. The van der Waals surface area contributed by atoms with Gasteiger partial charge in [-0.15, -0.1) is 17.0 Å². The van der Waals surface area contributed by atoms with E-state index in [0.29, 0.717) is 11.8 Å². The minimum Gasteiger partial charge on any atom is -0.507 e. The van der Waals surface area contributed by atoms with E-state index < -0.39 is 0 Å². The molecule has 0 aromatic heterocycles. The van der Waals surface area contributed by atoms with Gasteiger partial charge in [0.15, 0.2) is 0 Å². The Kier molecular flexibility index (Phi) is 3.98. The third-order valence-corrected chi connectivity index (χ3v) is 3.44. The van der Waals surface area contributed by atoms with Gasteiger partial charge < -0.3 is 10.4 Å². The van der Waals surface area contributed by atoms with Crippen LogP contribution in [0.15, 0.2) is 16.6 Å². The zero-order valence-corrected chi connectivity index (χ0v) is 11.2. The fraction of sp³-hybridized carbons (Fsp3) is 0.400. The summed E-state index contributed by atoms with van der Waals surface area (Å²) in [5.74, 6) is 0.341. The number of nitrogens with one attached hydrogen (secondary N) is 1. The molecule has 0 aliphatic carbocycles. The van der Waals surface area contributed by atoms with Crippen molar-refractivity contribution in [2.45, 2.75) is 19.4 Å². The zero-order chi connectivity index (χ0) is 9.42. The lowest BCUT2D eigenvalue weighted by atomic mass is 9.95. The Hall–Kier alpha value is -0.0600. The van der Waals surface area contributed by atoms with Gasteiger partial charge in [0, 0.05) is 6.04 Å². The monoisotopic (exact) mass is 321 g/mol. The summed E-state index contributed by atoms with van der Waals surface area (Å²) in [7, 11) is 0. The molecule has 0 radical (unpaired) electrons. The van der Waals surface area contributed by atoms with Gasteiger partial charge in [0.05, 0.1) is 4.47 Å². The number of phenolic OH excluding ortho intramolecular Hbond substituents is 1. The van der Waals surface area contributed by atoms with Crippen LogP contribution in [0.4, 0.5) is 0 Å². The standard InChI is InChI=1S/C10H12BrNO.BrH/c1-6-7-2-3-9(13)10(11)8(7)4-5-12-6;/h2-3,6,12-13H,4-5H2,1H3;1H. The Bertz CT molecular complexity index is 341. The van der Waals surface area contributed by atoms with Gasteiger partial charge in [-0.25, -0.2) is 0 Å². The van der Waals surface area contributed by atoms with Crippen molar-refractivity contribution in [3.63, 3.8) is 0 Å². The number of halogens is 2. The van der Waals surface area contributed by atoms with Crippen LogP contribution in [-0.2, 0) is 6.42 Å². The predicted molar refractivity (Wildman–Crippen MR) is 66.3 cm³/mol. The summed E-state index contributed by atoms with van der Waals surface area (Å²) in [5, 5.41) is 12.9. The molecule has 0 spiro atoms. The highest BCUT2D eigenvalue weighted by molar-refractivity contribution is 9.10. The number of aromatic hydroxyl groups is 1. The van der Waals surface area contributed by atoms with Gasteiger partial charge in [0.1, 0.15) is 5.75 Å². The van der Waals surface area contributed by atoms with Gasteiger partial charge >= 0.3 is 0 Å². The van der Waals surface area contributed by atoms with E-state index in [-0.39, 0.29) is 17.0 Å². The highest BCUT2D eigenvalue weighted by Gasteiger charge is 2.18. The van der Waals surface area contributed by atoms with Crippen LogP contribution in [0, 0.1) is 0 Å². The van der Waals surface area contributed by atoms with E-state index in [1.54, 1.807) is 6.07 Å². The molecule has 1 atom stereocenters. The van der Waals surface area contributed by atoms with Crippen molar-refractivity contribution in [1.82, 2.24) is 5.32 Å². The molecule has 0 saturated carbocycles. The van der Waals surface area contributed by atoms with E-state index in [1.165, 1.54) is 11.1 Å². The quantitative estimate of drug-likeness (QED) is 0.769. The molecule has 1 unspecified atom stereocenters. The van der Waals surface area contributed by atoms with E-state index >= 15 is 0 Å². The van der Waals surface area contributed by atoms with Crippen molar-refractivity contribution in [3.8, 4) is 5.75 Å². The van der Waals surface area contributed by atoms with E-state index in [1.807, 2.05) is 6.07 Å². The molecule has 1 aliphatic rings. The van der Waals surface area contributed by atoms with Crippen LogP contribution in [-0.4, -0.2) is 11.7 Å². The molecule has 78 valence electrons. The summed E-state index contributed by atoms with van der Waals surface area (Å²) in [6.45, 7) is 3.12. The molecule has 2 N–H and O–H groups in total. The van der Waals surface area contributed by atoms with E-state index in [2.05, 4.69) is 28.2 Å². The SMILES string of the molecule is Br.CC1NCCc2c1ccc(O)c2Br. The van der Waals surface area contributed by atoms with Crippen LogP contribution in [0.2, 0.25) is 0 Å². The first-order chi connectivity index (χ1) is 6.20. The lowest BCUT2D eigenvalue weighted by Crippen LogP contribution is -2.27. The number of rotatable bonds is 0. The molecule has 0 fully saturated rings. The molecule has 1 heterocycles. The van der Waals surface area contributed by atoms with Crippen LogP contribution in [0.1, 0.15) is 24.1 Å². The number of fused-ring (bicyclic) bond motifs is 1. The molecule has 14 heavy (non-hydrogen) atoms. The van der Waals surface area contributed by atoms with Gasteiger partial charge in [-0.1, -0.05) is 6.07 Å². The van der Waals surface area contributed by atoms with Crippen molar-refractivity contribution >= 4 is 32.9 Å². The normalized spacial score (nSPS) is 19.7. The molecule has 2 rings (SSSR count). The summed E-state index contributed by atoms with van der Waals surface area (Å²) in [4.78, 5) is 0. The Morgan fingerprint density at radius 1 is 1.50 bits per heavy atom. The first-order valence-electron chi connectivity index (χ1n) is 4.44. The third-order valence-electron chi connectivity index (χ3n) is 2.55. The molecule has 2 nitrogen and oxygen atoms in total. The van der Waals surface area contributed by atoms with Crippen molar-refractivity contribution in [2.75, 3.05) is 6.54 Å². The predicted octanol–water partition coefficient (Wildman–Crippen LogP) is 2.94. The maximum Gasteiger partial charge on any atom is 0.130 e. The topological polar surface area (TPSA) is 32.3 Å². The van der Waals surface area contributed by atoms with E-state index in [0.717, 1.165) is 17.4 Å². The highest BCUT2D eigenvalue weighted by atomic mass is 79.9. The fourth-order valence-corrected chi connectivity index (χ4v) is 2.37. The largest absolute Gasteiger partial charge is 0.507 e. The molecular formula is C10H13Br2NO. The minimum atomic E-state index is 0. The molecule has 1 aromatic rings. The molecule has 0 saturated heterocycles. The zero-order valence-electron chi connectivity index (χ0n) is 7.88. The summed E-state index contributed by atoms with van der Waals surface area (Å²) >= 11 is 3.42. The smallest absolute Gasteiger partial charge is 0.130 e. The maximum atomic E-state index is 9.49. The van der Waals surface area contributed by atoms with Crippen LogP contribution in [0.3, 0.4) is 0 Å². The minimum absolute atomic E-state index is 0. The average molecular weight is 323 g/mol.